The van der Waals surface area contributed by atoms with Crippen molar-refractivity contribution < 1.29 is 8.81 Å². The van der Waals surface area contributed by atoms with E-state index in [9.17, 15) is 4.39 Å². The summed E-state index contributed by atoms with van der Waals surface area (Å²) in [5.41, 5.74) is 9.61. The maximum Gasteiger partial charge on any atom is 0.167 e. The van der Waals surface area contributed by atoms with Gasteiger partial charge < -0.3 is 20.0 Å². The van der Waals surface area contributed by atoms with Crippen molar-refractivity contribution in [2.45, 2.75) is 58.3 Å². The molecule has 0 saturated heterocycles. The summed E-state index contributed by atoms with van der Waals surface area (Å²) in [5.74, 6) is 0.895. The van der Waals surface area contributed by atoms with Crippen molar-refractivity contribution in [1.82, 2.24) is 24.8 Å². The highest BCUT2D eigenvalue weighted by Crippen LogP contribution is 2.25. The third-order valence-electron chi connectivity index (χ3n) is 5.80. The van der Waals surface area contributed by atoms with Crippen LogP contribution in [0.4, 0.5) is 10.2 Å². The van der Waals surface area contributed by atoms with Crippen LogP contribution < -0.4 is 11.1 Å². The zero-order chi connectivity index (χ0) is 24.1. The molecule has 0 aliphatic heterocycles. The molecule has 7 nitrogen and oxygen atoms in total. The lowest BCUT2D eigenvalue weighted by Crippen LogP contribution is -2.14. The summed E-state index contributed by atoms with van der Waals surface area (Å²) in [7, 11) is 0. The molecular weight excluding hydrogens is 431 g/mol. The van der Waals surface area contributed by atoms with Crippen molar-refractivity contribution in [2.75, 3.05) is 5.73 Å². The van der Waals surface area contributed by atoms with Crippen molar-refractivity contribution in [2.24, 2.45) is 0 Å². The van der Waals surface area contributed by atoms with Gasteiger partial charge >= 0.3 is 0 Å². The Morgan fingerprint density at radius 3 is 2.82 bits per heavy atom. The maximum absolute atomic E-state index is 14.2. The molecule has 0 amide bonds. The number of imidazole rings is 1. The Morgan fingerprint density at radius 2 is 2.06 bits per heavy atom. The number of aryl methyl sites for hydroxylation is 1. The van der Waals surface area contributed by atoms with E-state index in [1.165, 1.54) is 0 Å². The summed E-state index contributed by atoms with van der Waals surface area (Å²) in [5, 5.41) is 3.36. The molecule has 34 heavy (non-hydrogen) atoms. The molecule has 0 spiro atoms. The van der Waals surface area contributed by atoms with Gasteiger partial charge in [-0.25, -0.2) is 19.3 Å². The quantitative estimate of drug-likeness (QED) is 0.276. The Kier molecular flexibility index (Phi) is 6.95. The van der Waals surface area contributed by atoms with E-state index in [2.05, 4.69) is 26.8 Å². The van der Waals surface area contributed by atoms with Crippen LogP contribution in [-0.4, -0.2) is 19.5 Å². The van der Waals surface area contributed by atoms with Crippen LogP contribution >= 0.6 is 0 Å². The summed E-state index contributed by atoms with van der Waals surface area (Å²) in [4.78, 5) is 13.4. The predicted molar refractivity (Wildman–Crippen MR) is 132 cm³/mol. The molecule has 3 aromatic heterocycles. The SMILES string of the molecule is C=C(CCCCCn1cnc2c(N)nc(-c3ccoc3)nc21)NCc1cccc(C(C)(C)F)c1. The fourth-order valence-corrected chi connectivity index (χ4v) is 3.81. The summed E-state index contributed by atoms with van der Waals surface area (Å²) in [6, 6.07) is 9.43. The third-order valence-corrected chi connectivity index (χ3v) is 5.80. The Hall–Kier alpha value is -3.68. The molecule has 3 heterocycles. The molecule has 3 N–H and O–H groups in total. The monoisotopic (exact) mass is 462 g/mol. The smallest absolute Gasteiger partial charge is 0.167 e. The van der Waals surface area contributed by atoms with Gasteiger partial charge in [0.2, 0.25) is 0 Å². The number of fused-ring (bicyclic) bond motifs is 1. The number of rotatable bonds is 11. The van der Waals surface area contributed by atoms with Crippen LogP contribution in [0.25, 0.3) is 22.6 Å². The maximum atomic E-state index is 14.2. The number of furan rings is 1. The van der Waals surface area contributed by atoms with Crippen LogP contribution in [0.1, 0.15) is 50.7 Å². The first-order valence-corrected chi connectivity index (χ1v) is 11.5. The van der Waals surface area contributed by atoms with E-state index >= 15 is 0 Å². The van der Waals surface area contributed by atoms with Gasteiger partial charge in [0.05, 0.1) is 18.2 Å². The van der Waals surface area contributed by atoms with E-state index < -0.39 is 5.67 Å². The second-order valence-corrected chi connectivity index (χ2v) is 9.00. The van der Waals surface area contributed by atoms with Crippen LogP contribution in [0.15, 0.2) is 65.9 Å². The summed E-state index contributed by atoms with van der Waals surface area (Å²) < 4.78 is 21.3. The molecule has 8 heteroatoms. The van der Waals surface area contributed by atoms with E-state index in [1.54, 1.807) is 38.8 Å². The molecule has 0 aliphatic carbocycles. The molecule has 4 rings (SSSR count). The summed E-state index contributed by atoms with van der Waals surface area (Å²) in [6.45, 7) is 8.72. The van der Waals surface area contributed by atoms with Gasteiger partial charge in [0.1, 0.15) is 17.4 Å². The van der Waals surface area contributed by atoms with Gasteiger partial charge in [0.25, 0.3) is 0 Å². The number of aromatic nitrogens is 4. The molecule has 1 aromatic carbocycles. The van der Waals surface area contributed by atoms with Gasteiger partial charge in [-0.05, 0) is 50.3 Å². The van der Waals surface area contributed by atoms with E-state index in [1.807, 2.05) is 28.8 Å². The average molecular weight is 463 g/mol. The van der Waals surface area contributed by atoms with E-state index in [0.29, 0.717) is 29.3 Å². The van der Waals surface area contributed by atoms with E-state index in [4.69, 9.17) is 10.2 Å². The molecule has 0 fully saturated rings. The Bertz CT molecular complexity index is 1260. The van der Waals surface area contributed by atoms with Crippen molar-refractivity contribution >= 4 is 17.0 Å². The number of nitrogens with two attached hydrogens (primary N) is 1. The Balaban J connectivity index is 1.24. The van der Waals surface area contributed by atoms with Gasteiger partial charge in [0, 0.05) is 18.8 Å². The number of hydrogen-bond acceptors (Lipinski definition) is 6. The number of unbranched alkanes of at least 4 members (excludes halogenated alkanes) is 2. The van der Waals surface area contributed by atoms with Crippen LogP contribution in [0, 0.1) is 0 Å². The normalized spacial score (nSPS) is 11.7. The minimum absolute atomic E-state index is 0.364. The number of hydrogen-bond donors (Lipinski definition) is 2. The molecule has 0 atom stereocenters. The second-order valence-electron chi connectivity index (χ2n) is 9.00. The predicted octanol–water partition coefficient (Wildman–Crippen LogP) is 5.74. The van der Waals surface area contributed by atoms with Crippen LogP contribution in [0.2, 0.25) is 0 Å². The average Bonchev–Trinajstić information content (AvgIpc) is 3.48. The number of benzene rings is 1. The fourth-order valence-electron chi connectivity index (χ4n) is 3.81. The Labute approximate surface area is 198 Å². The summed E-state index contributed by atoms with van der Waals surface area (Å²) in [6.07, 6.45) is 8.88. The lowest BCUT2D eigenvalue weighted by molar-refractivity contribution is 0.221. The van der Waals surface area contributed by atoms with Gasteiger partial charge in [-0.3, -0.25) is 0 Å². The third kappa shape index (κ3) is 5.62. The second kappa shape index (κ2) is 10.1. The van der Waals surface area contributed by atoms with Crippen molar-refractivity contribution in [3.63, 3.8) is 0 Å². The van der Waals surface area contributed by atoms with Gasteiger partial charge in [-0.1, -0.05) is 37.3 Å². The zero-order valence-electron chi connectivity index (χ0n) is 19.7. The molecule has 0 radical (unpaired) electrons. The number of nitrogens with one attached hydrogen (secondary N) is 1. The van der Waals surface area contributed by atoms with E-state index in [0.717, 1.165) is 54.7 Å². The lowest BCUT2D eigenvalue weighted by Gasteiger charge is -2.16. The minimum atomic E-state index is -1.34. The molecule has 4 aromatic rings. The van der Waals surface area contributed by atoms with Crippen LogP contribution in [0.5, 0.6) is 0 Å². The first-order valence-electron chi connectivity index (χ1n) is 11.5. The lowest BCUT2D eigenvalue weighted by atomic mass is 9.98. The number of alkyl halides is 1. The Morgan fingerprint density at radius 1 is 1.21 bits per heavy atom. The molecule has 0 saturated carbocycles. The van der Waals surface area contributed by atoms with Crippen LogP contribution in [0.3, 0.4) is 0 Å². The van der Waals surface area contributed by atoms with Gasteiger partial charge in [-0.2, -0.15) is 0 Å². The van der Waals surface area contributed by atoms with Crippen molar-refractivity contribution in [1.29, 1.82) is 0 Å². The number of anilines is 1. The highest BCUT2D eigenvalue weighted by atomic mass is 19.1. The van der Waals surface area contributed by atoms with Crippen molar-refractivity contribution in [3.8, 4) is 11.4 Å². The number of allylic oxidation sites excluding steroid dienone is 1. The fraction of sp³-hybridized carbons (Fsp3) is 0.346. The largest absolute Gasteiger partial charge is 0.472 e. The molecular formula is C26H31FN6O. The zero-order valence-corrected chi connectivity index (χ0v) is 19.7. The van der Waals surface area contributed by atoms with E-state index in [-0.39, 0.29) is 0 Å². The molecule has 178 valence electrons. The topological polar surface area (TPSA) is 94.8 Å². The molecule has 0 unspecified atom stereocenters. The molecule has 0 aliphatic rings. The van der Waals surface area contributed by atoms with Gasteiger partial charge in [-0.15, -0.1) is 0 Å². The number of nitrogen functional groups attached to an aromatic ring is 1. The highest BCUT2D eigenvalue weighted by molar-refractivity contribution is 5.83. The first-order chi connectivity index (χ1) is 16.3. The standard InChI is InChI=1S/C26H31FN6O/c1-18(29-15-19-9-7-10-21(14-19)26(2,3)27)8-5-4-6-12-33-17-30-22-23(28)31-24(32-25(22)33)20-11-13-34-16-20/h7,9-11,13-14,16-17,29H,1,4-6,8,12,15H2,2-3H3,(H2,28,31,32). The van der Waals surface area contributed by atoms with Gasteiger partial charge in [0.15, 0.2) is 17.3 Å². The molecule has 0 bridgehead atoms. The number of halogens is 1. The van der Waals surface area contributed by atoms with Crippen LogP contribution in [-0.2, 0) is 18.8 Å². The summed E-state index contributed by atoms with van der Waals surface area (Å²) >= 11 is 0. The minimum Gasteiger partial charge on any atom is -0.472 e. The number of nitrogens with zero attached hydrogens (tertiary/aromatic N) is 4. The first kappa shape index (κ1) is 23.5. The highest BCUT2D eigenvalue weighted by Gasteiger charge is 2.18. The van der Waals surface area contributed by atoms with Crippen molar-refractivity contribution in [3.05, 3.63) is 72.6 Å².